The maximum absolute atomic E-state index is 13.3. The first-order valence-electron chi connectivity index (χ1n) is 10.6. The van der Waals surface area contributed by atoms with Crippen molar-refractivity contribution in [3.8, 4) is 0 Å². The molecule has 1 aliphatic rings. The first-order valence-corrected chi connectivity index (χ1v) is 10.6. The van der Waals surface area contributed by atoms with Crippen molar-refractivity contribution >= 4 is 22.5 Å². The van der Waals surface area contributed by atoms with Crippen molar-refractivity contribution in [2.45, 2.75) is 32.9 Å². The number of amidine groups is 1. The molecule has 31 heavy (non-hydrogen) atoms. The summed E-state index contributed by atoms with van der Waals surface area (Å²) in [5, 5.41) is 11.5. The Morgan fingerprint density at radius 2 is 2.06 bits per heavy atom. The predicted molar refractivity (Wildman–Crippen MR) is 113 cm³/mol. The van der Waals surface area contributed by atoms with Crippen LogP contribution in [0, 0.1) is 17.2 Å². The van der Waals surface area contributed by atoms with E-state index in [-0.39, 0.29) is 23.4 Å². The Kier molecular flexibility index (Phi) is 7.46. The minimum absolute atomic E-state index is 0.0653. The van der Waals surface area contributed by atoms with Crippen molar-refractivity contribution in [1.82, 2.24) is 5.32 Å². The van der Waals surface area contributed by atoms with Gasteiger partial charge in [-0.25, -0.2) is 0 Å². The summed E-state index contributed by atoms with van der Waals surface area (Å²) < 4.78 is 63.9. The van der Waals surface area contributed by atoms with Gasteiger partial charge < -0.3 is 19.4 Å². The van der Waals surface area contributed by atoms with Crippen LogP contribution in [0.25, 0.3) is 11.0 Å². The van der Waals surface area contributed by atoms with Gasteiger partial charge in [-0.2, -0.15) is 13.2 Å². The number of alkyl halides is 4. The molecule has 172 valence electrons. The lowest BCUT2D eigenvalue weighted by Crippen LogP contribution is -2.32. The average Bonchev–Trinajstić information content (AvgIpc) is 3.04. The summed E-state index contributed by atoms with van der Waals surface area (Å²) in [5.41, 5.74) is 0.102. The van der Waals surface area contributed by atoms with Gasteiger partial charge in [-0.05, 0) is 37.0 Å². The van der Waals surface area contributed by atoms with E-state index in [4.69, 9.17) is 14.6 Å². The number of rotatable bonds is 9. The van der Waals surface area contributed by atoms with Crippen LogP contribution in [0.2, 0.25) is 0 Å². The number of anilines is 1. The molecular weight excluding hydrogens is 414 g/mol. The molecule has 1 aromatic heterocycles. The normalized spacial score (nSPS) is 16.7. The summed E-state index contributed by atoms with van der Waals surface area (Å²) >= 11 is 0. The zero-order valence-corrected chi connectivity index (χ0v) is 17.8. The molecule has 0 bridgehead atoms. The van der Waals surface area contributed by atoms with E-state index >= 15 is 0 Å². The Bertz CT molecular complexity index is 893. The lowest BCUT2D eigenvalue weighted by Gasteiger charge is -2.24. The monoisotopic (exact) mass is 443 g/mol. The second-order valence-electron chi connectivity index (χ2n) is 8.14. The van der Waals surface area contributed by atoms with E-state index in [1.54, 1.807) is 0 Å². The van der Waals surface area contributed by atoms with Crippen LogP contribution in [-0.4, -0.2) is 45.4 Å². The Morgan fingerprint density at radius 3 is 2.74 bits per heavy atom. The van der Waals surface area contributed by atoms with Crippen LogP contribution in [0.3, 0.4) is 0 Å². The molecule has 0 radical (unpaired) electrons. The highest BCUT2D eigenvalue weighted by Gasteiger charge is 2.33. The van der Waals surface area contributed by atoms with Gasteiger partial charge >= 0.3 is 6.18 Å². The number of nitrogens with one attached hydrogen (secondary N) is 2. The summed E-state index contributed by atoms with van der Waals surface area (Å²) in [5.74, 6) is 0.428. The first-order chi connectivity index (χ1) is 14.7. The molecule has 0 saturated heterocycles. The summed E-state index contributed by atoms with van der Waals surface area (Å²) in [6.07, 6.45) is -2.99. The number of ether oxygens (including phenoxy) is 1. The molecule has 2 heterocycles. The van der Waals surface area contributed by atoms with Gasteiger partial charge in [-0.1, -0.05) is 13.8 Å². The highest BCUT2D eigenvalue weighted by molar-refractivity contribution is 6.08. The SMILES string of the molecule is CCC(CF)COCC(C)CCN1CCNC(=N)c2oc3ccc(C(F)(F)F)cc3c21. The summed E-state index contributed by atoms with van der Waals surface area (Å²) in [7, 11) is 0. The Morgan fingerprint density at radius 1 is 1.29 bits per heavy atom. The van der Waals surface area contributed by atoms with Crippen LogP contribution in [-0.2, 0) is 10.9 Å². The first kappa shape index (κ1) is 23.4. The van der Waals surface area contributed by atoms with E-state index < -0.39 is 18.4 Å². The fourth-order valence-corrected chi connectivity index (χ4v) is 3.64. The van der Waals surface area contributed by atoms with E-state index in [9.17, 15) is 17.6 Å². The van der Waals surface area contributed by atoms with Crippen LogP contribution in [0.4, 0.5) is 23.2 Å². The van der Waals surface area contributed by atoms with Gasteiger partial charge in [0.15, 0.2) is 11.6 Å². The topological polar surface area (TPSA) is 61.5 Å². The third-order valence-corrected chi connectivity index (χ3v) is 5.66. The molecule has 2 atom stereocenters. The molecule has 2 N–H and O–H groups in total. The molecule has 2 aromatic rings. The predicted octanol–water partition coefficient (Wildman–Crippen LogP) is 5.23. The number of hydrogen-bond donors (Lipinski definition) is 2. The van der Waals surface area contributed by atoms with E-state index in [0.717, 1.165) is 25.0 Å². The van der Waals surface area contributed by atoms with Crippen molar-refractivity contribution in [2.24, 2.45) is 11.8 Å². The van der Waals surface area contributed by atoms with Crippen LogP contribution in [0.5, 0.6) is 0 Å². The fourth-order valence-electron chi connectivity index (χ4n) is 3.64. The smallest absolute Gasteiger partial charge is 0.416 e. The van der Waals surface area contributed by atoms with Gasteiger partial charge in [0.1, 0.15) is 5.58 Å². The largest absolute Gasteiger partial charge is 0.451 e. The molecule has 0 spiro atoms. The fraction of sp³-hybridized carbons (Fsp3) is 0.591. The van der Waals surface area contributed by atoms with Crippen molar-refractivity contribution in [1.29, 1.82) is 5.41 Å². The Hall–Kier alpha value is -2.29. The van der Waals surface area contributed by atoms with E-state index in [1.807, 2.05) is 18.7 Å². The highest BCUT2D eigenvalue weighted by Crippen LogP contribution is 2.39. The molecule has 2 unspecified atom stereocenters. The third kappa shape index (κ3) is 5.50. The van der Waals surface area contributed by atoms with Crippen LogP contribution < -0.4 is 10.2 Å². The second-order valence-corrected chi connectivity index (χ2v) is 8.14. The number of hydrogen-bond acceptors (Lipinski definition) is 4. The molecule has 0 saturated carbocycles. The number of fused-ring (bicyclic) bond motifs is 3. The Labute approximate surface area is 179 Å². The standard InChI is InChI=1S/C22H29F4N3O2/c1-3-15(11-23)13-30-12-14(2)6-8-29-9-7-28-21(27)20-19(29)17-10-16(22(24,25)26)4-5-18(17)31-20/h4-5,10,14-15H,3,6-9,11-13H2,1-2H3,(H2,27,28). The number of furan rings is 1. The maximum Gasteiger partial charge on any atom is 0.416 e. The number of benzene rings is 1. The van der Waals surface area contributed by atoms with E-state index in [1.165, 1.54) is 6.07 Å². The van der Waals surface area contributed by atoms with Gasteiger partial charge in [-0.15, -0.1) is 0 Å². The number of halogens is 4. The van der Waals surface area contributed by atoms with Crippen molar-refractivity contribution in [2.75, 3.05) is 44.4 Å². The Balaban J connectivity index is 1.76. The molecule has 0 fully saturated rings. The maximum atomic E-state index is 13.3. The average molecular weight is 443 g/mol. The lowest BCUT2D eigenvalue weighted by atomic mass is 10.1. The molecule has 9 heteroatoms. The van der Waals surface area contributed by atoms with E-state index in [2.05, 4.69) is 5.32 Å². The molecule has 0 aliphatic carbocycles. The lowest BCUT2D eigenvalue weighted by molar-refractivity contribution is -0.137. The van der Waals surface area contributed by atoms with Gasteiger partial charge in [0.05, 0.1) is 24.5 Å². The van der Waals surface area contributed by atoms with Gasteiger partial charge in [-0.3, -0.25) is 9.80 Å². The summed E-state index contributed by atoms with van der Waals surface area (Å²) in [6, 6.07) is 3.40. The quantitative estimate of drug-likeness (QED) is 0.522. The third-order valence-electron chi connectivity index (χ3n) is 5.66. The molecule has 1 aliphatic heterocycles. The minimum atomic E-state index is -4.46. The zero-order chi connectivity index (χ0) is 22.6. The molecule has 3 rings (SSSR count). The minimum Gasteiger partial charge on any atom is -0.451 e. The second kappa shape index (κ2) is 9.89. The van der Waals surface area contributed by atoms with Gasteiger partial charge in [0.25, 0.3) is 0 Å². The van der Waals surface area contributed by atoms with Crippen LogP contribution >= 0.6 is 0 Å². The van der Waals surface area contributed by atoms with Crippen LogP contribution in [0.1, 0.15) is 38.0 Å². The zero-order valence-electron chi connectivity index (χ0n) is 17.8. The van der Waals surface area contributed by atoms with Crippen molar-refractivity contribution < 1.29 is 26.7 Å². The van der Waals surface area contributed by atoms with E-state index in [0.29, 0.717) is 49.5 Å². The van der Waals surface area contributed by atoms with Gasteiger partial charge in [0, 0.05) is 37.5 Å². The summed E-state index contributed by atoms with van der Waals surface area (Å²) in [6.45, 7) is 6.06. The molecule has 0 amide bonds. The molecule has 5 nitrogen and oxygen atoms in total. The molecule has 1 aromatic carbocycles. The van der Waals surface area contributed by atoms with Gasteiger partial charge in [0.2, 0.25) is 0 Å². The van der Waals surface area contributed by atoms with Crippen LogP contribution in [0.15, 0.2) is 22.6 Å². The van der Waals surface area contributed by atoms with Crippen molar-refractivity contribution in [3.05, 3.63) is 29.5 Å². The highest BCUT2D eigenvalue weighted by atomic mass is 19.4. The van der Waals surface area contributed by atoms with Crippen molar-refractivity contribution in [3.63, 3.8) is 0 Å². The molecular formula is C22H29F4N3O2. The summed E-state index contributed by atoms with van der Waals surface area (Å²) in [4.78, 5) is 1.97. The number of nitrogens with zero attached hydrogens (tertiary/aromatic N) is 1.